The van der Waals surface area contributed by atoms with Crippen molar-refractivity contribution in [3.8, 4) is 0 Å². The van der Waals surface area contributed by atoms with Gasteiger partial charge in [0, 0.05) is 12.1 Å². The summed E-state index contributed by atoms with van der Waals surface area (Å²) in [7, 11) is 0. The third-order valence-corrected chi connectivity index (χ3v) is 2.87. The molecule has 0 aromatic carbocycles. The molecule has 0 radical (unpaired) electrons. The van der Waals surface area contributed by atoms with Crippen LogP contribution in [0, 0.1) is 0 Å². The van der Waals surface area contributed by atoms with Gasteiger partial charge in [-0.2, -0.15) is 0 Å². The molecule has 1 aliphatic heterocycles. The second-order valence-corrected chi connectivity index (χ2v) is 3.85. The highest BCUT2D eigenvalue weighted by molar-refractivity contribution is 5.92. The van der Waals surface area contributed by atoms with Gasteiger partial charge in [-0.3, -0.25) is 10.2 Å². The molecule has 4 nitrogen and oxygen atoms in total. The van der Waals surface area contributed by atoms with Crippen LogP contribution in [0.4, 0.5) is 0 Å². The molecule has 0 bridgehead atoms. The predicted molar refractivity (Wildman–Crippen MR) is 49.6 cm³/mol. The van der Waals surface area contributed by atoms with E-state index in [0.29, 0.717) is 0 Å². The summed E-state index contributed by atoms with van der Waals surface area (Å²) < 4.78 is 0. The molecule has 4 heteroatoms. The number of hydrazine groups is 1. The number of carbonyl (C=O) groups excluding carboxylic acids is 1. The van der Waals surface area contributed by atoms with Crippen LogP contribution in [0.5, 0.6) is 0 Å². The second kappa shape index (κ2) is 3.12. The fourth-order valence-corrected chi connectivity index (χ4v) is 2.15. The lowest BCUT2D eigenvalue weighted by Gasteiger charge is -2.29. The van der Waals surface area contributed by atoms with Gasteiger partial charge < -0.3 is 5.73 Å². The van der Waals surface area contributed by atoms with E-state index in [1.807, 2.05) is 6.08 Å². The molecule has 1 spiro atoms. The molecule has 0 aromatic rings. The van der Waals surface area contributed by atoms with Crippen LogP contribution in [-0.2, 0) is 4.79 Å². The molecule has 0 aromatic heterocycles. The van der Waals surface area contributed by atoms with Crippen LogP contribution in [-0.4, -0.2) is 18.0 Å². The Bertz CT molecular complexity index is 254. The van der Waals surface area contributed by atoms with Crippen molar-refractivity contribution >= 4 is 5.91 Å². The van der Waals surface area contributed by atoms with E-state index >= 15 is 0 Å². The van der Waals surface area contributed by atoms with Crippen molar-refractivity contribution in [2.24, 2.45) is 5.73 Å². The Hall–Kier alpha value is -0.870. The Balaban J connectivity index is 2.21. The van der Waals surface area contributed by atoms with Gasteiger partial charge in [0.25, 0.3) is 0 Å². The molecule has 1 aliphatic carbocycles. The summed E-state index contributed by atoms with van der Waals surface area (Å²) in [6.45, 7) is 0.961. The summed E-state index contributed by atoms with van der Waals surface area (Å²) in [5.41, 5.74) is 12.4. The molecule has 1 atom stereocenters. The van der Waals surface area contributed by atoms with E-state index in [-0.39, 0.29) is 11.4 Å². The van der Waals surface area contributed by atoms with Gasteiger partial charge in [0.1, 0.15) is 0 Å². The molecule has 1 fully saturated rings. The summed E-state index contributed by atoms with van der Waals surface area (Å²) >= 11 is 0. The zero-order valence-corrected chi connectivity index (χ0v) is 7.60. The summed E-state index contributed by atoms with van der Waals surface area (Å²) in [5, 5.41) is 0. The highest BCUT2D eigenvalue weighted by Gasteiger charge is 2.34. The minimum atomic E-state index is -0.271. The zero-order chi connectivity index (χ0) is 9.31. The largest absolute Gasteiger partial charge is 0.366 e. The topological polar surface area (TPSA) is 67.2 Å². The van der Waals surface area contributed by atoms with Gasteiger partial charge in [-0.1, -0.05) is 6.08 Å². The van der Waals surface area contributed by atoms with Crippen LogP contribution in [0.25, 0.3) is 0 Å². The van der Waals surface area contributed by atoms with E-state index < -0.39 is 0 Å². The maximum Gasteiger partial charge on any atom is 0.244 e. The van der Waals surface area contributed by atoms with Crippen LogP contribution < -0.4 is 16.6 Å². The van der Waals surface area contributed by atoms with Crippen molar-refractivity contribution < 1.29 is 4.79 Å². The molecule has 2 rings (SSSR count). The Morgan fingerprint density at radius 2 is 2.38 bits per heavy atom. The van der Waals surface area contributed by atoms with Crippen LogP contribution in [0.2, 0.25) is 0 Å². The highest BCUT2D eigenvalue weighted by Crippen LogP contribution is 2.30. The van der Waals surface area contributed by atoms with Gasteiger partial charge in [0.2, 0.25) is 5.91 Å². The van der Waals surface area contributed by atoms with Gasteiger partial charge >= 0.3 is 0 Å². The van der Waals surface area contributed by atoms with Crippen molar-refractivity contribution in [2.45, 2.75) is 31.2 Å². The van der Waals surface area contributed by atoms with E-state index in [4.69, 9.17) is 5.73 Å². The van der Waals surface area contributed by atoms with Crippen molar-refractivity contribution in [3.63, 3.8) is 0 Å². The quantitative estimate of drug-likeness (QED) is 0.525. The van der Waals surface area contributed by atoms with E-state index in [9.17, 15) is 4.79 Å². The monoisotopic (exact) mass is 181 g/mol. The smallest absolute Gasteiger partial charge is 0.244 e. The first-order valence-electron chi connectivity index (χ1n) is 4.73. The minimum absolute atomic E-state index is 0.00259. The van der Waals surface area contributed by atoms with Gasteiger partial charge in [0.15, 0.2) is 0 Å². The van der Waals surface area contributed by atoms with Crippen LogP contribution in [0.15, 0.2) is 11.6 Å². The first-order valence-corrected chi connectivity index (χ1v) is 4.73. The van der Waals surface area contributed by atoms with Crippen LogP contribution in [0.1, 0.15) is 25.7 Å². The van der Waals surface area contributed by atoms with Crippen molar-refractivity contribution in [3.05, 3.63) is 11.6 Å². The molecule has 4 N–H and O–H groups in total. The van der Waals surface area contributed by atoms with Gasteiger partial charge in [-0.25, -0.2) is 5.43 Å². The number of hydrogen-bond acceptors (Lipinski definition) is 3. The van der Waals surface area contributed by atoms with E-state index in [1.54, 1.807) is 0 Å². The van der Waals surface area contributed by atoms with Crippen molar-refractivity contribution in [2.75, 3.05) is 6.54 Å². The third kappa shape index (κ3) is 1.59. The fraction of sp³-hybridized carbons (Fsp3) is 0.667. The van der Waals surface area contributed by atoms with Crippen LogP contribution in [0.3, 0.4) is 0 Å². The molecule has 2 aliphatic rings. The number of hydrogen-bond donors (Lipinski definition) is 3. The maximum absolute atomic E-state index is 11.0. The summed E-state index contributed by atoms with van der Waals surface area (Å²) in [4.78, 5) is 11.0. The Morgan fingerprint density at radius 1 is 1.54 bits per heavy atom. The number of amides is 1. The standard InChI is InChI=1S/C9H15N3O/c10-8(13)7-2-1-3-9(6-7)4-5-11-12-9/h6,11-12H,1-5H2,(H2,10,13). The molecule has 1 unspecified atom stereocenters. The summed E-state index contributed by atoms with van der Waals surface area (Å²) in [6, 6.07) is 0. The molecule has 72 valence electrons. The lowest BCUT2D eigenvalue weighted by molar-refractivity contribution is -0.114. The molecule has 13 heavy (non-hydrogen) atoms. The third-order valence-electron chi connectivity index (χ3n) is 2.87. The van der Waals surface area contributed by atoms with Crippen molar-refractivity contribution in [1.29, 1.82) is 0 Å². The molecule has 1 saturated heterocycles. The number of nitrogens with one attached hydrogen (secondary N) is 2. The first-order chi connectivity index (χ1) is 6.22. The molecular formula is C9H15N3O. The Kier molecular flexibility index (Phi) is 2.09. The molecule has 1 heterocycles. The lowest BCUT2D eigenvalue weighted by atomic mass is 9.82. The number of nitrogens with two attached hydrogens (primary N) is 1. The van der Waals surface area contributed by atoms with Crippen molar-refractivity contribution in [1.82, 2.24) is 10.9 Å². The maximum atomic E-state index is 11.0. The van der Waals surface area contributed by atoms with E-state index in [2.05, 4.69) is 10.9 Å². The SMILES string of the molecule is NC(=O)C1=CC2(CCC1)CCNN2. The number of primary amides is 1. The van der Waals surface area contributed by atoms with E-state index in [0.717, 1.165) is 37.8 Å². The summed E-state index contributed by atoms with van der Waals surface area (Å²) in [5.74, 6) is -0.271. The number of rotatable bonds is 1. The fourth-order valence-electron chi connectivity index (χ4n) is 2.15. The highest BCUT2D eigenvalue weighted by atomic mass is 16.1. The minimum Gasteiger partial charge on any atom is -0.366 e. The van der Waals surface area contributed by atoms with Gasteiger partial charge in [0.05, 0.1) is 5.54 Å². The van der Waals surface area contributed by atoms with Gasteiger partial charge in [-0.05, 0) is 25.7 Å². The Labute approximate surface area is 77.5 Å². The molecular weight excluding hydrogens is 166 g/mol. The second-order valence-electron chi connectivity index (χ2n) is 3.85. The van der Waals surface area contributed by atoms with E-state index in [1.165, 1.54) is 0 Å². The average molecular weight is 181 g/mol. The first kappa shape index (κ1) is 8.72. The number of carbonyl (C=O) groups is 1. The lowest BCUT2D eigenvalue weighted by Crippen LogP contribution is -2.44. The predicted octanol–water partition coefficient (Wildman–Crippen LogP) is -0.181. The normalized spacial score (nSPS) is 33.4. The summed E-state index contributed by atoms with van der Waals surface area (Å²) in [6.07, 6.45) is 6.03. The van der Waals surface area contributed by atoms with Crippen LogP contribution >= 0.6 is 0 Å². The molecule has 0 saturated carbocycles. The van der Waals surface area contributed by atoms with Gasteiger partial charge in [-0.15, -0.1) is 0 Å². The zero-order valence-electron chi connectivity index (χ0n) is 7.60. The Morgan fingerprint density at radius 3 is 3.00 bits per heavy atom. The average Bonchev–Trinajstić information content (AvgIpc) is 2.53. The molecule has 1 amide bonds.